The minimum Gasteiger partial charge on any atom is -0.390 e. The standard InChI is InChI=1S/C16H26N4O2/c1-2-13-4-3-5-14(10-13)19-16(17)18-11-15(21)12-20-6-8-22-9-7-20/h3-5,10,15,21H,2,6-9,11-12H2,1H3,(H3,17,18,19). The Bertz CT molecular complexity index is 487. The van der Waals surface area contributed by atoms with Gasteiger partial charge < -0.3 is 20.9 Å². The third-order valence-electron chi connectivity index (χ3n) is 3.65. The van der Waals surface area contributed by atoms with Crippen LogP contribution in [0, 0.1) is 0 Å². The Balaban J connectivity index is 1.78. The molecule has 1 saturated heterocycles. The van der Waals surface area contributed by atoms with Crippen LogP contribution in [0.15, 0.2) is 29.3 Å². The lowest BCUT2D eigenvalue weighted by molar-refractivity contribution is 0.0165. The Hall–Kier alpha value is -1.63. The van der Waals surface area contributed by atoms with Gasteiger partial charge in [-0.2, -0.15) is 0 Å². The molecule has 1 aliphatic rings. The molecule has 122 valence electrons. The van der Waals surface area contributed by atoms with Crippen molar-refractivity contribution in [1.29, 1.82) is 0 Å². The highest BCUT2D eigenvalue weighted by Gasteiger charge is 2.14. The molecule has 0 saturated carbocycles. The number of aryl methyl sites for hydroxylation is 1. The second-order valence-electron chi connectivity index (χ2n) is 5.47. The number of rotatable bonds is 6. The third kappa shape index (κ3) is 5.63. The molecule has 0 amide bonds. The highest BCUT2D eigenvalue weighted by atomic mass is 16.5. The molecule has 2 rings (SSSR count). The molecule has 1 fully saturated rings. The number of aliphatic hydroxyl groups excluding tert-OH is 1. The predicted octanol–water partition coefficient (Wildman–Crippen LogP) is 0.669. The summed E-state index contributed by atoms with van der Waals surface area (Å²) >= 11 is 0. The normalized spacial score (nSPS) is 18.2. The lowest BCUT2D eigenvalue weighted by Gasteiger charge is -2.28. The van der Waals surface area contributed by atoms with Gasteiger partial charge in [0.15, 0.2) is 5.96 Å². The van der Waals surface area contributed by atoms with E-state index in [1.165, 1.54) is 5.56 Å². The van der Waals surface area contributed by atoms with Crippen molar-refractivity contribution in [3.63, 3.8) is 0 Å². The summed E-state index contributed by atoms with van der Waals surface area (Å²) in [5.41, 5.74) is 8.03. The van der Waals surface area contributed by atoms with Gasteiger partial charge in [0.2, 0.25) is 0 Å². The summed E-state index contributed by atoms with van der Waals surface area (Å²) in [6.07, 6.45) is 0.464. The van der Waals surface area contributed by atoms with Gasteiger partial charge in [-0.25, -0.2) is 0 Å². The molecule has 1 heterocycles. The lowest BCUT2D eigenvalue weighted by Crippen LogP contribution is -2.42. The number of hydrogen-bond acceptors (Lipinski definition) is 4. The second kappa shape index (κ2) is 8.73. The van der Waals surface area contributed by atoms with Crippen LogP contribution in [0.1, 0.15) is 12.5 Å². The Morgan fingerprint density at radius 3 is 2.95 bits per heavy atom. The van der Waals surface area contributed by atoms with E-state index in [0.29, 0.717) is 19.0 Å². The molecule has 1 aromatic rings. The van der Waals surface area contributed by atoms with Crippen molar-refractivity contribution in [3.8, 4) is 0 Å². The van der Waals surface area contributed by atoms with Crippen LogP contribution in [0.4, 0.5) is 5.69 Å². The van der Waals surface area contributed by atoms with E-state index in [9.17, 15) is 5.11 Å². The third-order valence-corrected chi connectivity index (χ3v) is 3.65. The molecule has 1 unspecified atom stereocenters. The van der Waals surface area contributed by atoms with Crippen LogP contribution in [0.25, 0.3) is 0 Å². The van der Waals surface area contributed by atoms with Crippen molar-refractivity contribution in [2.45, 2.75) is 19.4 Å². The molecule has 4 N–H and O–H groups in total. The molecule has 0 bridgehead atoms. The number of nitrogens with one attached hydrogen (secondary N) is 1. The van der Waals surface area contributed by atoms with Crippen molar-refractivity contribution in [2.24, 2.45) is 10.7 Å². The number of morpholine rings is 1. The Labute approximate surface area is 132 Å². The molecular weight excluding hydrogens is 280 g/mol. The van der Waals surface area contributed by atoms with Crippen LogP contribution in [0.2, 0.25) is 0 Å². The Morgan fingerprint density at radius 2 is 2.23 bits per heavy atom. The molecule has 22 heavy (non-hydrogen) atoms. The molecule has 1 aromatic carbocycles. The quantitative estimate of drug-likeness (QED) is 0.531. The first-order chi connectivity index (χ1) is 10.7. The van der Waals surface area contributed by atoms with Gasteiger partial charge in [0.25, 0.3) is 0 Å². The molecule has 6 nitrogen and oxygen atoms in total. The van der Waals surface area contributed by atoms with Gasteiger partial charge in [-0.15, -0.1) is 0 Å². The molecule has 6 heteroatoms. The summed E-state index contributed by atoms with van der Waals surface area (Å²) in [5.74, 6) is 0.328. The van der Waals surface area contributed by atoms with E-state index in [1.807, 2.05) is 18.2 Å². The van der Waals surface area contributed by atoms with E-state index in [-0.39, 0.29) is 0 Å². The summed E-state index contributed by atoms with van der Waals surface area (Å²) < 4.78 is 5.28. The maximum absolute atomic E-state index is 10.0. The van der Waals surface area contributed by atoms with Crippen molar-refractivity contribution in [1.82, 2.24) is 4.90 Å². The van der Waals surface area contributed by atoms with Crippen molar-refractivity contribution >= 4 is 11.6 Å². The summed E-state index contributed by atoms with van der Waals surface area (Å²) in [4.78, 5) is 6.39. The number of aliphatic imine (C=N–C) groups is 1. The van der Waals surface area contributed by atoms with Gasteiger partial charge in [0.05, 0.1) is 25.9 Å². The number of guanidine groups is 1. The Kier molecular flexibility index (Phi) is 6.64. The van der Waals surface area contributed by atoms with Crippen LogP contribution < -0.4 is 11.1 Å². The lowest BCUT2D eigenvalue weighted by atomic mass is 10.1. The molecule has 0 spiro atoms. The summed E-state index contributed by atoms with van der Waals surface area (Å²) in [5, 5.41) is 13.1. The SMILES string of the molecule is CCc1cccc(NC(N)=NCC(O)CN2CCOCC2)c1. The van der Waals surface area contributed by atoms with Crippen molar-refractivity contribution in [2.75, 3.05) is 44.7 Å². The fourth-order valence-electron chi connectivity index (χ4n) is 2.40. The van der Waals surface area contributed by atoms with E-state index < -0.39 is 6.10 Å². The number of nitrogens with zero attached hydrogens (tertiary/aromatic N) is 2. The summed E-state index contributed by atoms with van der Waals surface area (Å²) in [7, 11) is 0. The van der Waals surface area contributed by atoms with Crippen LogP contribution in [0.3, 0.4) is 0 Å². The molecule has 0 radical (unpaired) electrons. The van der Waals surface area contributed by atoms with Crippen LogP contribution in [-0.2, 0) is 11.2 Å². The predicted molar refractivity (Wildman–Crippen MR) is 89.2 cm³/mol. The first-order valence-electron chi connectivity index (χ1n) is 7.81. The average molecular weight is 306 g/mol. The van der Waals surface area contributed by atoms with Gasteiger partial charge in [0, 0.05) is 25.3 Å². The molecule has 0 aromatic heterocycles. The minimum atomic E-state index is -0.513. The highest BCUT2D eigenvalue weighted by molar-refractivity contribution is 5.92. The van der Waals surface area contributed by atoms with Crippen molar-refractivity contribution < 1.29 is 9.84 Å². The topological polar surface area (TPSA) is 83.1 Å². The molecule has 0 aliphatic carbocycles. The van der Waals surface area contributed by atoms with E-state index in [4.69, 9.17) is 10.5 Å². The smallest absolute Gasteiger partial charge is 0.193 e. The zero-order valence-corrected chi connectivity index (χ0v) is 13.2. The second-order valence-corrected chi connectivity index (χ2v) is 5.47. The molecule has 1 atom stereocenters. The van der Waals surface area contributed by atoms with Gasteiger partial charge >= 0.3 is 0 Å². The monoisotopic (exact) mass is 306 g/mol. The minimum absolute atomic E-state index is 0.295. The van der Waals surface area contributed by atoms with E-state index >= 15 is 0 Å². The number of ether oxygens (including phenoxy) is 1. The largest absolute Gasteiger partial charge is 0.390 e. The van der Waals surface area contributed by atoms with Gasteiger partial charge in [-0.1, -0.05) is 19.1 Å². The Morgan fingerprint density at radius 1 is 1.45 bits per heavy atom. The maximum atomic E-state index is 10.0. The van der Waals surface area contributed by atoms with Crippen LogP contribution in [-0.4, -0.2) is 61.5 Å². The summed E-state index contributed by atoms with van der Waals surface area (Å²) in [6, 6.07) is 8.06. The van der Waals surface area contributed by atoms with E-state index in [0.717, 1.165) is 38.4 Å². The highest BCUT2D eigenvalue weighted by Crippen LogP contribution is 2.10. The van der Waals surface area contributed by atoms with Gasteiger partial charge in [0.1, 0.15) is 0 Å². The maximum Gasteiger partial charge on any atom is 0.193 e. The molecule has 1 aliphatic heterocycles. The number of β-amino-alcohol motifs (C(OH)–C–C–N with tert-alkyl or cyclic N) is 1. The van der Waals surface area contributed by atoms with E-state index in [2.05, 4.69) is 28.2 Å². The summed E-state index contributed by atoms with van der Waals surface area (Å²) in [6.45, 7) is 6.19. The van der Waals surface area contributed by atoms with Crippen LogP contribution >= 0.6 is 0 Å². The zero-order chi connectivity index (χ0) is 15.8. The number of nitrogens with two attached hydrogens (primary N) is 1. The number of aliphatic hydroxyl groups is 1. The van der Waals surface area contributed by atoms with Crippen molar-refractivity contribution in [3.05, 3.63) is 29.8 Å². The number of benzene rings is 1. The van der Waals surface area contributed by atoms with E-state index in [1.54, 1.807) is 0 Å². The zero-order valence-electron chi connectivity index (χ0n) is 13.2. The first kappa shape index (κ1) is 16.7. The fourth-order valence-corrected chi connectivity index (χ4v) is 2.40. The number of anilines is 1. The van der Waals surface area contributed by atoms with Gasteiger partial charge in [-0.3, -0.25) is 9.89 Å². The number of hydrogen-bond donors (Lipinski definition) is 3. The van der Waals surface area contributed by atoms with Crippen LogP contribution in [0.5, 0.6) is 0 Å². The molecular formula is C16H26N4O2. The fraction of sp³-hybridized carbons (Fsp3) is 0.562. The van der Waals surface area contributed by atoms with Gasteiger partial charge in [-0.05, 0) is 24.1 Å². The first-order valence-corrected chi connectivity index (χ1v) is 7.81. The average Bonchev–Trinajstić information content (AvgIpc) is 2.54.